The SMILES string of the molecule is CCn1cc(C(=O)O)c(=O)c2cc(F)c(N3CCN(C(=O)OCc4ccc(NC(=O)C(C)c5nnc([C@@H](C)C(C)C)[nH]5)cc4)CC3)cc21. The molecule has 3 heterocycles. The summed E-state index contributed by atoms with van der Waals surface area (Å²) in [5, 5.41) is 20.6. The van der Waals surface area contributed by atoms with Gasteiger partial charge in [0.05, 0.1) is 17.1 Å². The molecule has 1 aliphatic rings. The number of aryl methyl sites for hydroxylation is 1. The molecule has 1 unspecified atom stereocenters. The number of nitrogens with zero attached hydrogens (tertiary/aromatic N) is 5. The van der Waals surface area contributed by atoms with Gasteiger partial charge in [0.2, 0.25) is 11.3 Å². The Balaban J connectivity index is 1.13. The summed E-state index contributed by atoms with van der Waals surface area (Å²) in [6, 6.07) is 9.64. The molecule has 1 fully saturated rings. The Kier molecular flexibility index (Phi) is 10.1. The molecule has 48 heavy (non-hydrogen) atoms. The van der Waals surface area contributed by atoms with E-state index in [4.69, 9.17) is 4.74 Å². The number of ether oxygens (including phenoxy) is 1. The fraction of sp³-hybridized carbons (Fsp3) is 0.412. The number of anilines is 2. The lowest BCUT2D eigenvalue weighted by molar-refractivity contribution is -0.117. The molecule has 0 bridgehead atoms. The van der Waals surface area contributed by atoms with Gasteiger partial charge in [-0.2, -0.15) is 0 Å². The lowest BCUT2D eigenvalue weighted by atomic mass is 9.98. The second kappa shape index (κ2) is 14.2. The third kappa shape index (κ3) is 7.16. The van der Waals surface area contributed by atoms with Crippen molar-refractivity contribution in [1.82, 2.24) is 24.6 Å². The number of hydrogen-bond acceptors (Lipinski definition) is 8. The molecule has 1 aliphatic heterocycles. The van der Waals surface area contributed by atoms with Gasteiger partial charge in [0.25, 0.3) is 0 Å². The highest BCUT2D eigenvalue weighted by Gasteiger charge is 2.26. The second-order valence-electron chi connectivity index (χ2n) is 12.3. The van der Waals surface area contributed by atoms with Crippen molar-refractivity contribution in [2.45, 2.75) is 59.6 Å². The van der Waals surface area contributed by atoms with E-state index in [1.54, 1.807) is 58.5 Å². The highest BCUT2D eigenvalue weighted by Crippen LogP contribution is 2.27. The molecular formula is C34H40FN7O6. The Morgan fingerprint density at radius 3 is 2.31 bits per heavy atom. The first-order valence-electron chi connectivity index (χ1n) is 16.0. The molecule has 2 aromatic carbocycles. The van der Waals surface area contributed by atoms with Crippen LogP contribution in [0.25, 0.3) is 10.9 Å². The van der Waals surface area contributed by atoms with Gasteiger partial charge >= 0.3 is 12.1 Å². The number of carbonyl (C=O) groups excluding carboxylic acids is 2. The van der Waals surface area contributed by atoms with Crippen LogP contribution in [0.4, 0.5) is 20.6 Å². The second-order valence-corrected chi connectivity index (χ2v) is 12.3. The Labute approximate surface area is 276 Å². The number of aromatic amines is 1. The van der Waals surface area contributed by atoms with E-state index >= 15 is 4.39 Å². The molecule has 4 aromatic rings. The van der Waals surface area contributed by atoms with Crippen molar-refractivity contribution in [3.05, 3.63) is 81.4 Å². The van der Waals surface area contributed by atoms with Gasteiger partial charge in [-0.25, -0.2) is 14.0 Å². The molecule has 0 spiro atoms. The van der Waals surface area contributed by atoms with Crippen LogP contribution in [0.2, 0.25) is 0 Å². The molecule has 2 amide bonds. The van der Waals surface area contributed by atoms with Gasteiger partial charge in [-0.1, -0.05) is 32.9 Å². The number of halogens is 1. The number of carboxylic acid groups (broad SMARTS) is 1. The van der Waals surface area contributed by atoms with Gasteiger partial charge in [-0.3, -0.25) is 9.59 Å². The third-order valence-corrected chi connectivity index (χ3v) is 8.94. The van der Waals surface area contributed by atoms with Crippen LogP contribution in [0, 0.1) is 11.7 Å². The Bertz CT molecular complexity index is 1880. The van der Waals surface area contributed by atoms with Crippen molar-refractivity contribution in [1.29, 1.82) is 0 Å². The van der Waals surface area contributed by atoms with Gasteiger partial charge in [-0.15, -0.1) is 10.2 Å². The first-order chi connectivity index (χ1) is 22.9. The van der Waals surface area contributed by atoms with E-state index in [1.165, 1.54) is 6.20 Å². The van der Waals surface area contributed by atoms with Crippen molar-refractivity contribution in [3.8, 4) is 0 Å². The molecule has 0 radical (unpaired) electrons. The van der Waals surface area contributed by atoms with Crippen LogP contribution in [0.1, 0.15) is 74.0 Å². The minimum atomic E-state index is -1.36. The number of pyridine rings is 1. The Morgan fingerprint density at radius 1 is 1.02 bits per heavy atom. The van der Waals surface area contributed by atoms with Gasteiger partial charge in [-0.05, 0) is 49.6 Å². The fourth-order valence-corrected chi connectivity index (χ4v) is 5.49. The largest absolute Gasteiger partial charge is 0.477 e. The highest BCUT2D eigenvalue weighted by atomic mass is 19.1. The van der Waals surface area contributed by atoms with Crippen LogP contribution >= 0.6 is 0 Å². The van der Waals surface area contributed by atoms with Crippen LogP contribution < -0.4 is 15.6 Å². The van der Waals surface area contributed by atoms with Gasteiger partial charge < -0.3 is 34.5 Å². The lowest BCUT2D eigenvalue weighted by Gasteiger charge is -2.35. The number of carbonyl (C=O) groups is 3. The van der Waals surface area contributed by atoms with Crippen LogP contribution in [0.3, 0.4) is 0 Å². The topological polar surface area (TPSA) is 163 Å². The molecule has 0 aliphatic carbocycles. The molecule has 2 aromatic heterocycles. The van der Waals surface area contributed by atoms with E-state index in [1.807, 2.05) is 0 Å². The van der Waals surface area contributed by atoms with E-state index < -0.39 is 34.8 Å². The van der Waals surface area contributed by atoms with Gasteiger partial charge in [0, 0.05) is 55.9 Å². The zero-order valence-corrected chi connectivity index (χ0v) is 27.6. The molecular weight excluding hydrogens is 621 g/mol. The number of H-pyrrole nitrogens is 1. The van der Waals surface area contributed by atoms with Crippen molar-refractivity contribution in [2.24, 2.45) is 5.92 Å². The number of carboxylic acids is 1. The summed E-state index contributed by atoms with van der Waals surface area (Å²) in [5.74, 6) is -0.944. The standard InChI is InChI=1S/C34H40FN7O6/c1-6-40-17-25(33(45)46)29(43)24-15-26(35)28(16-27(24)40)41-11-13-42(14-12-41)34(47)48-18-22-7-9-23(10-8-22)36-32(44)21(5)31-37-30(38-39-31)20(4)19(2)3/h7-10,15-17,19-21H,6,11-14,18H2,1-5H3,(H,36,44)(H,45,46)(H,37,38,39)/t20-,21?/m0/s1. The number of piperazine rings is 1. The number of benzene rings is 2. The number of hydrogen-bond donors (Lipinski definition) is 3. The average molecular weight is 662 g/mol. The summed E-state index contributed by atoms with van der Waals surface area (Å²) in [5.41, 5.74) is 0.890. The van der Waals surface area contributed by atoms with E-state index in [2.05, 4.69) is 41.3 Å². The quantitative estimate of drug-likeness (QED) is 0.214. The van der Waals surface area contributed by atoms with Crippen molar-refractivity contribution < 1.29 is 28.6 Å². The summed E-state index contributed by atoms with van der Waals surface area (Å²) >= 11 is 0. The number of amides is 2. The predicted molar refractivity (Wildman–Crippen MR) is 178 cm³/mol. The molecule has 254 valence electrons. The maximum atomic E-state index is 15.2. The lowest BCUT2D eigenvalue weighted by Crippen LogP contribution is -2.49. The van der Waals surface area contributed by atoms with E-state index in [9.17, 15) is 24.3 Å². The smallest absolute Gasteiger partial charge is 0.410 e. The maximum Gasteiger partial charge on any atom is 0.410 e. The fourth-order valence-electron chi connectivity index (χ4n) is 5.49. The van der Waals surface area contributed by atoms with E-state index in [-0.39, 0.29) is 29.5 Å². The van der Waals surface area contributed by atoms with Crippen molar-refractivity contribution in [3.63, 3.8) is 0 Å². The predicted octanol–water partition coefficient (Wildman–Crippen LogP) is 4.94. The average Bonchev–Trinajstić information content (AvgIpc) is 3.57. The molecule has 13 nitrogen and oxygen atoms in total. The Morgan fingerprint density at radius 2 is 1.69 bits per heavy atom. The van der Waals surface area contributed by atoms with Gasteiger partial charge in [0.15, 0.2) is 0 Å². The molecule has 3 N–H and O–H groups in total. The van der Waals surface area contributed by atoms with E-state index in [0.29, 0.717) is 55.7 Å². The first-order valence-corrected chi connectivity index (χ1v) is 16.0. The van der Waals surface area contributed by atoms with Crippen LogP contribution in [0.15, 0.2) is 47.4 Å². The summed E-state index contributed by atoms with van der Waals surface area (Å²) in [7, 11) is 0. The molecule has 2 atom stereocenters. The Hall–Kier alpha value is -5.27. The molecule has 1 saturated heterocycles. The zero-order valence-electron chi connectivity index (χ0n) is 27.6. The number of rotatable bonds is 10. The summed E-state index contributed by atoms with van der Waals surface area (Å²) in [6.45, 7) is 11.5. The van der Waals surface area contributed by atoms with Crippen LogP contribution in [-0.4, -0.2) is 73.9 Å². The monoisotopic (exact) mass is 661 g/mol. The van der Waals surface area contributed by atoms with E-state index in [0.717, 1.165) is 17.5 Å². The molecule has 14 heteroatoms. The number of fused-ring (bicyclic) bond motifs is 1. The zero-order chi connectivity index (χ0) is 34.7. The van der Waals surface area contributed by atoms with Crippen molar-refractivity contribution in [2.75, 3.05) is 36.4 Å². The molecule has 5 rings (SSSR count). The minimum absolute atomic E-state index is 0.00178. The normalized spacial score (nSPS) is 14.6. The van der Waals surface area contributed by atoms with Crippen LogP contribution in [0.5, 0.6) is 0 Å². The highest BCUT2D eigenvalue weighted by molar-refractivity contribution is 5.95. The summed E-state index contributed by atoms with van der Waals surface area (Å²) < 4.78 is 22.3. The first kappa shape index (κ1) is 34.1. The van der Waals surface area contributed by atoms with Gasteiger partial charge in [0.1, 0.15) is 29.6 Å². The summed E-state index contributed by atoms with van der Waals surface area (Å²) in [4.78, 5) is 56.3. The summed E-state index contributed by atoms with van der Waals surface area (Å²) in [6.07, 6.45) is 0.773. The number of aromatic carboxylic acids is 1. The minimum Gasteiger partial charge on any atom is -0.477 e. The molecule has 0 saturated carbocycles. The maximum absolute atomic E-state index is 15.2. The van der Waals surface area contributed by atoms with Crippen LogP contribution in [-0.2, 0) is 22.7 Å². The number of nitrogens with one attached hydrogen (secondary N) is 2. The third-order valence-electron chi connectivity index (χ3n) is 8.94. The number of aromatic nitrogens is 4. The van der Waals surface area contributed by atoms with Crippen molar-refractivity contribution >= 4 is 40.2 Å².